The molecule has 2 N–H and O–H groups in total. The molecule has 0 saturated carbocycles. The first-order valence-electron chi connectivity index (χ1n) is 4.64. The van der Waals surface area contributed by atoms with E-state index in [1.165, 1.54) is 0 Å². The molecule has 0 aliphatic heterocycles. The summed E-state index contributed by atoms with van der Waals surface area (Å²) in [6, 6.07) is 0. The summed E-state index contributed by atoms with van der Waals surface area (Å²) < 4.78 is 1.89. The van der Waals surface area contributed by atoms with Crippen LogP contribution < -0.4 is 0 Å². The maximum absolute atomic E-state index is 8.94. The third kappa shape index (κ3) is 3.01. The van der Waals surface area contributed by atoms with Gasteiger partial charge in [0.05, 0.1) is 18.5 Å². The first-order valence-corrected chi connectivity index (χ1v) is 5.63. The van der Waals surface area contributed by atoms with Crippen LogP contribution in [0.4, 0.5) is 0 Å². The van der Waals surface area contributed by atoms with Gasteiger partial charge in [0.2, 0.25) is 0 Å². The van der Waals surface area contributed by atoms with E-state index in [0.717, 1.165) is 29.4 Å². The van der Waals surface area contributed by atoms with Gasteiger partial charge in [-0.15, -0.1) is 0 Å². The quantitative estimate of drug-likeness (QED) is 0.545. The molecule has 0 saturated heterocycles. The van der Waals surface area contributed by atoms with Crippen molar-refractivity contribution in [1.29, 1.82) is 0 Å². The molecule has 0 atom stereocenters. The lowest BCUT2D eigenvalue weighted by molar-refractivity contribution is 0.271. The van der Waals surface area contributed by atoms with E-state index in [2.05, 4.69) is 4.98 Å². The summed E-state index contributed by atoms with van der Waals surface area (Å²) in [4.78, 5) is 4.19. The number of nitrogens with zero attached hydrogens (tertiary/aromatic N) is 2. The highest BCUT2D eigenvalue weighted by atomic mass is 32.2. The van der Waals surface area contributed by atoms with Crippen LogP contribution in [0, 0.1) is 0 Å². The predicted octanol–water partition coefficient (Wildman–Crippen LogP) is 0.777. The Kier molecular flexibility index (Phi) is 5.00. The van der Waals surface area contributed by atoms with Crippen LogP contribution in [0.5, 0.6) is 0 Å². The summed E-state index contributed by atoms with van der Waals surface area (Å²) in [6.07, 6.45) is 3.52. The molecule has 1 aromatic rings. The third-order valence-corrected chi connectivity index (χ3v) is 3.12. The fourth-order valence-electron chi connectivity index (χ4n) is 1.08. The SMILES string of the molecule is Cn1c(CO)cnc1SCCCCO. The Morgan fingerprint density at radius 3 is 2.79 bits per heavy atom. The molecule has 0 amide bonds. The maximum atomic E-state index is 8.94. The summed E-state index contributed by atoms with van der Waals surface area (Å²) in [7, 11) is 1.90. The fraction of sp³-hybridized carbons (Fsp3) is 0.667. The lowest BCUT2D eigenvalue weighted by Gasteiger charge is -2.02. The van der Waals surface area contributed by atoms with Gasteiger partial charge in [0, 0.05) is 19.4 Å². The molecule has 1 aromatic heterocycles. The lowest BCUT2D eigenvalue weighted by atomic mass is 10.4. The van der Waals surface area contributed by atoms with Crippen LogP contribution in [0.3, 0.4) is 0 Å². The third-order valence-electron chi connectivity index (χ3n) is 1.99. The van der Waals surface area contributed by atoms with E-state index in [4.69, 9.17) is 10.2 Å². The van der Waals surface area contributed by atoms with Gasteiger partial charge < -0.3 is 14.8 Å². The van der Waals surface area contributed by atoms with Crippen LogP contribution in [0.1, 0.15) is 18.5 Å². The molecule has 0 bridgehead atoms. The highest BCUT2D eigenvalue weighted by molar-refractivity contribution is 7.99. The van der Waals surface area contributed by atoms with Crippen LogP contribution in [0.15, 0.2) is 11.4 Å². The molecule has 80 valence electrons. The van der Waals surface area contributed by atoms with Crippen molar-refractivity contribution >= 4 is 11.8 Å². The molecule has 0 aliphatic carbocycles. The lowest BCUT2D eigenvalue weighted by Crippen LogP contribution is -1.97. The van der Waals surface area contributed by atoms with Gasteiger partial charge >= 0.3 is 0 Å². The number of thioether (sulfide) groups is 1. The van der Waals surface area contributed by atoms with Gasteiger partial charge in [0.1, 0.15) is 0 Å². The van der Waals surface area contributed by atoms with Crippen molar-refractivity contribution in [3.63, 3.8) is 0 Å². The van der Waals surface area contributed by atoms with Crippen molar-refractivity contribution in [3.05, 3.63) is 11.9 Å². The Morgan fingerprint density at radius 2 is 2.21 bits per heavy atom. The summed E-state index contributed by atoms with van der Waals surface area (Å²) in [5.41, 5.74) is 0.828. The van der Waals surface area contributed by atoms with Crippen LogP contribution in [-0.4, -0.2) is 32.1 Å². The molecule has 5 heteroatoms. The van der Waals surface area contributed by atoms with Gasteiger partial charge in [-0.3, -0.25) is 0 Å². The standard InChI is InChI=1S/C9H16N2O2S/c1-11-8(7-13)6-10-9(11)14-5-3-2-4-12/h6,12-13H,2-5,7H2,1H3. The van der Waals surface area contributed by atoms with Crippen LogP contribution in [0.2, 0.25) is 0 Å². The summed E-state index contributed by atoms with van der Waals surface area (Å²) in [5, 5.41) is 18.5. The van der Waals surface area contributed by atoms with Crippen molar-refractivity contribution in [2.45, 2.75) is 24.6 Å². The van der Waals surface area contributed by atoms with Gasteiger partial charge in [-0.05, 0) is 12.8 Å². The second kappa shape index (κ2) is 6.06. The monoisotopic (exact) mass is 216 g/mol. The predicted molar refractivity (Wildman–Crippen MR) is 56.2 cm³/mol. The smallest absolute Gasteiger partial charge is 0.167 e. The Bertz CT molecular complexity index is 276. The Hall–Kier alpha value is -0.520. The molecule has 1 rings (SSSR count). The molecule has 0 unspecified atom stereocenters. The van der Waals surface area contributed by atoms with Crippen molar-refractivity contribution < 1.29 is 10.2 Å². The molecule has 0 aromatic carbocycles. The maximum Gasteiger partial charge on any atom is 0.167 e. The first kappa shape index (κ1) is 11.6. The van der Waals surface area contributed by atoms with Gasteiger partial charge in [-0.25, -0.2) is 4.98 Å². The molecular formula is C9H16N2O2S. The number of aromatic nitrogens is 2. The van der Waals surface area contributed by atoms with Gasteiger partial charge in [0.25, 0.3) is 0 Å². The largest absolute Gasteiger partial charge is 0.396 e. The van der Waals surface area contributed by atoms with Gasteiger partial charge in [-0.1, -0.05) is 11.8 Å². The van der Waals surface area contributed by atoms with E-state index in [1.807, 2.05) is 11.6 Å². The van der Waals surface area contributed by atoms with Crippen molar-refractivity contribution in [2.24, 2.45) is 7.05 Å². The summed E-state index contributed by atoms with van der Waals surface area (Å²) >= 11 is 1.65. The van der Waals surface area contributed by atoms with Crippen LogP contribution >= 0.6 is 11.8 Å². The molecule has 0 fully saturated rings. The Labute approximate surface area is 88.0 Å². The van der Waals surface area contributed by atoms with Crippen LogP contribution in [-0.2, 0) is 13.7 Å². The molecule has 1 heterocycles. The Balaban J connectivity index is 2.39. The zero-order valence-electron chi connectivity index (χ0n) is 8.31. The fourth-order valence-corrected chi connectivity index (χ4v) is 2.05. The summed E-state index contributed by atoms with van der Waals surface area (Å²) in [5.74, 6) is 0.955. The number of rotatable bonds is 6. The summed E-state index contributed by atoms with van der Waals surface area (Å²) in [6.45, 7) is 0.281. The molecule has 0 spiro atoms. The number of hydrogen-bond donors (Lipinski definition) is 2. The highest BCUT2D eigenvalue weighted by Crippen LogP contribution is 2.18. The first-order chi connectivity index (χ1) is 6.79. The van der Waals surface area contributed by atoms with E-state index < -0.39 is 0 Å². The molecule has 14 heavy (non-hydrogen) atoms. The average Bonchev–Trinajstić information content (AvgIpc) is 2.55. The second-order valence-electron chi connectivity index (χ2n) is 3.03. The second-order valence-corrected chi connectivity index (χ2v) is 4.09. The molecular weight excluding hydrogens is 200 g/mol. The van der Waals surface area contributed by atoms with Crippen molar-refractivity contribution in [1.82, 2.24) is 9.55 Å². The Morgan fingerprint density at radius 1 is 1.43 bits per heavy atom. The topological polar surface area (TPSA) is 58.3 Å². The van der Waals surface area contributed by atoms with Crippen LogP contribution in [0.25, 0.3) is 0 Å². The van der Waals surface area contributed by atoms with E-state index in [0.29, 0.717) is 0 Å². The molecule has 0 aliphatic rings. The minimum atomic E-state index is 0.0285. The number of hydrogen-bond acceptors (Lipinski definition) is 4. The zero-order valence-corrected chi connectivity index (χ0v) is 9.13. The average molecular weight is 216 g/mol. The van der Waals surface area contributed by atoms with Gasteiger partial charge in [0.15, 0.2) is 5.16 Å². The van der Waals surface area contributed by atoms with Gasteiger partial charge in [-0.2, -0.15) is 0 Å². The van der Waals surface area contributed by atoms with E-state index in [1.54, 1.807) is 18.0 Å². The number of unbranched alkanes of at least 4 members (excludes halogenated alkanes) is 1. The van der Waals surface area contributed by atoms with E-state index >= 15 is 0 Å². The number of aliphatic hydroxyl groups is 2. The van der Waals surface area contributed by atoms with Crippen molar-refractivity contribution in [2.75, 3.05) is 12.4 Å². The number of aliphatic hydroxyl groups excluding tert-OH is 2. The molecule has 4 nitrogen and oxygen atoms in total. The number of imidazole rings is 1. The minimum Gasteiger partial charge on any atom is -0.396 e. The van der Waals surface area contributed by atoms with Crippen molar-refractivity contribution in [3.8, 4) is 0 Å². The zero-order chi connectivity index (χ0) is 10.4. The molecule has 0 radical (unpaired) electrons. The highest BCUT2D eigenvalue weighted by Gasteiger charge is 2.05. The van der Waals surface area contributed by atoms with E-state index in [-0.39, 0.29) is 13.2 Å². The normalized spacial score (nSPS) is 10.8. The van der Waals surface area contributed by atoms with E-state index in [9.17, 15) is 0 Å². The minimum absolute atomic E-state index is 0.0285.